The fourth-order valence-corrected chi connectivity index (χ4v) is 2.38. The molecule has 0 atom stereocenters. The van der Waals surface area contributed by atoms with Gasteiger partial charge < -0.3 is 14.4 Å². The van der Waals surface area contributed by atoms with Crippen molar-refractivity contribution in [1.29, 1.82) is 0 Å². The van der Waals surface area contributed by atoms with E-state index in [1.165, 1.54) is 0 Å². The SMILES string of the molecule is COCOCCN(C(=O)c1cc(Br)cnc1Cl)C1CC1. The Morgan fingerprint density at radius 3 is 3.00 bits per heavy atom. The van der Waals surface area contributed by atoms with Crippen molar-refractivity contribution >= 4 is 33.4 Å². The summed E-state index contributed by atoms with van der Waals surface area (Å²) in [5.74, 6) is -0.104. The van der Waals surface area contributed by atoms with Crippen LogP contribution in [0.5, 0.6) is 0 Å². The van der Waals surface area contributed by atoms with Crippen LogP contribution in [0.1, 0.15) is 23.2 Å². The molecule has 1 amide bonds. The average molecular weight is 364 g/mol. The Labute approximate surface area is 131 Å². The summed E-state index contributed by atoms with van der Waals surface area (Å²) < 4.78 is 10.8. The molecule has 0 aliphatic heterocycles. The lowest BCUT2D eigenvalue weighted by atomic mass is 10.2. The summed E-state index contributed by atoms with van der Waals surface area (Å²) in [5, 5.41) is 0.224. The van der Waals surface area contributed by atoms with Crippen LogP contribution in [0.4, 0.5) is 0 Å². The monoisotopic (exact) mass is 362 g/mol. The third-order valence-corrected chi connectivity index (χ3v) is 3.70. The number of carbonyl (C=O) groups is 1. The Balaban J connectivity index is 2.04. The van der Waals surface area contributed by atoms with Gasteiger partial charge in [0.05, 0.1) is 12.2 Å². The Kier molecular flexibility index (Phi) is 5.77. The van der Waals surface area contributed by atoms with Crippen molar-refractivity contribution in [3.8, 4) is 0 Å². The van der Waals surface area contributed by atoms with Crippen molar-refractivity contribution in [3.63, 3.8) is 0 Å². The molecular formula is C13H16BrClN2O3. The number of hydrogen-bond donors (Lipinski definition) is 0. The van der Waals surface area contributed by atoms with Gasteiger partial charge in [0.2, 0.25) is 0 Å². The highest BCUT2D eigenvalue weighted by molar-refractivity contribution is 9.10. The van der Waals surface area contributed by atoms with E-state index >= 15 is 0 Å². The molecule has 7 heteroatoms. The third-order valence-electron chi connectivity index (χ3n) is 2.96. The maximum atomic E-state index is 12.6. The highest BCUT2D eigenvalue weighted by atomic mass is 79.9. The van der Waals surface area contributed by atoms with E-state index in [1.54, 1.807) is 24.3 Å². The number of aromatic nitrogens is 1. The van der Waals surface area contributed by atoms with E-state index in [4.69, 9.17) is 21.1 Å². The standard InChI is InChI=1S/C13H16BrClN2O3/c1-19-8-20-5-4-17(10-2-3-10)13(18)11-6-9(14)7-16-12(11)15/h6-7,10H,2-5,8H2,1H3. The van der Waals surface area contributed by atoms with Crippen LogP contribution in [0.15, 0.2) is 16.7 Å². The first-order valence-corrected chi connectivity index (χ1v) is 7.49. The van der Waals surface area contributed by atoms with Gasteiger partial charge in [-0.25, -0.2) is 4.98 Å². The molecule has 1 aliphatic rings. The molecule has 1 heterocycles. The van der Waals surface area contributed by atoms with Crippen LogP contribution in [-0.2, 0) is 9.47 Å². The number of ether oxygens (including phenoxy) is 2. The van der Waals surface area contributed by atoms with E-state index in [1.807, 2.05) is 0 Å². The third kappa shape index (κ3) is 4.15. The van der Waals surface area contributed by atoms with Crippen molar-refractivity contribution in [1.82, 2.24) is 9.88 Å². The van der Waals surface area contributed by atoms with E-state index in [2.05, 4.69) is 20.9 Å². The minimum Gasteiger partial charge on any atom is -0.359 e. The molecule has 1 fully saturated rings. The van der Waals surface area contributed by atoms with E-state index in [-0.39, 0.29) is 23.9 Å². The number of hydrogen-bond acceptors (Lipinski definition) is 4. The van der Waals surface area contributed by atoms with Gasteiger partial charge in [0, 0.05) is 30.4 Å². The zero-order valence-electron chi connectivity index (χ0n) is 11.1. The van der Waals surface area contributed by atoms with E-state index in [9.17, 15) is 4.79 Å². The van der Waals surface area contributed by atoms with Crippen LogP contribution in [0.2, 0.25) is 5.15 Å². The van der Waals surface area contributed by atoms with Crippen LogP contribution in [0.3, 0.4) is 0 Å². The number of pyridine rings is 1. The molecule has 0 N–H and O–H groups in total. The number of carbonyl (C=O) groups excluding carboxylic acids is 1. The Bertz CT molecular complexity index is 483. The molecule has 0 unspecified atom stereocenters. The zero-order chi connectivity index (χ0) is 14.5. The largest absolute Gasteiger partial charge is 0.359 e. The summed E-state index contributed by atoms with van der Waals surface area (Å²) in [7, 11) is 1.57. The molecule has 2 rings (SSSR count). The Hall–Kier alpha value is -0.690. The van der Waals surface area contributed by atoms with Gasteiger partial charge in [0.1, 0.15) is 11.9 Å². The molecule has 5 nitrogen and oxygen atoms in total. The van der Waals surface area contributed by atoms with E-state index < -0.39 is 0 Å². The van der Waals surface area contributed by atoms with Crippen molar-refractivity contribution in [3.05, 3.63) is 27.5 Å². The lowest BCUT2D eigenvalue weighted by Gasteiger charge is -2.22. The summed E-state index contributed by atoms with van der Waals surface area (Å²) in [4.78, 5) is 18.3. The second kappa shape index (κ2) is 7.36. The lowest BCUT2D eigenvalue weighted by molar-refractivity contribution is -0.0356. The number of halogens is 2. The number of amides is 1. The fraction of sp³-hybridized carbons (Fsp3) is 0.538. The highest BCUT2D eigenvalue weighted by Gasteiger charge is 2.33. The smallest absolute Gasteiger partial charge is 0.257 e. The summed E-state index contributed by atoms with van der Waals surface area (Å²) in [6, 6.07) is 1.98. The quantitative estimate of drug-likeness (QED) is 0.425. The number of nitrogens with zero attached hydrogens (tertiary/aromatic N) is 2. The van der Waals surface area contributed by atoms with Crippen molar-refractivity contribution in [2.24, 2.45) is 0 Å². The first kappa shape index (κ1) is 15.7. The first-order chi connectivity index (χ1) is 9.63. The predicted octanol–water partition coefficient (Wildman–Crippen LogP) is 2.72. The average Bonchev–Trinajstić information content (AvgIpc) is 3.25. The highest BCUT2D eigenvalue weighted by Crippen LogP contribution is 2.29. The molecule has 1 aromatic heterocycles. The summed E-state index contributed by atoms with van der Waals surface area (Å²) >= 11 is 9.32. The van der Waals surface area contributed by atoms with Gasteiger partial charge in [-0.1, -0.05) is 11.6 Å². The van der Waals surface area contributed by atoms with Crippen LogP contribution in [0.25, 0.3) is 0 Å². The Morgan fingerprint density at radius 1 is 1.60 bits per heavy atom. The molecule has 110 valence electrons. The first-order valence-electron chi connectivity index (χ1n) is 6.32. The van der Waals surface area contributed by atoms with Gasteiger partial charge in [-0.2, -0.15) is 0 Å². The van der Waals surface area contributed by atoms with Crippen LogP contribution in [0, 0.1) is 0 Å². The molecule has 1 aromatic rings. The maximum Gasteiger partial charge on any atom is 0.257 e. The minimum atomic E-state index is -0.104. The zero-order valence-corrected chi connectivity index (χ0v) is 13.5. The van der Waals surface area contributed by atoms with Crippen LogP contribution in [-0.4, -0.2) is 48.9 Å². The molecule has 0 spiro atoms. The van der Waals surface area contributed by atoms with Crippen molar-refractivity contribution < 1.29 is 14.3 Å². The van der Waals surface area contributed by atoms with Gasteiger partial charge in [-0.05, 0) is 34.8 Å². The fourth-order valence-electron chi connectivity index (χ4n) is 1.87. The second-order valence-corrected chi connectivity index (χ2v) is 5.81. The molecule has 0 saturated heterocycles. The van der Waals surface area contributed by atoms with E-state index in [0.717, 1.165) is 17.3 Å². The molecule has 0 aromatic carbocycles. The van der Waals surface area contributed by atoms with Gasteiger partial charge in [-0.3, -0.25) is 4.79 Å². The second-order valence-electron chi connectivity index (χ2n) is 4.54. The summed E-state index contributed by atoms with van der Waals surface area (Å²) in [6.45, 7) is 1.19. The van der Waals surface area contributed by atoms with Crippen LogP contribution >= 0.6 is 27.5 Å². The topological polar surface area (TPSA) is 51.7 Å². The van der Waals surface area contributed by atoms with Gasteiger partial charge in [0.25, 0.3) is 5.91 Å². The molecule has 20 heavy (non-hydrogen) atoms. The van der Waals surface area contributed by atoms with Crippen molar-refractivity contribution in [2.45, 2.75) is 18.9 Å². The Morgan fingerprint density at radius 2 is 2.35 bits per heavy atom. The number of methoxy groups -OCH3 is 1. The molecule has 0 radical (unpaired) electrons. The molecule has 0 bridgehead atoms. The van der Waals surface area contributed by atoms with E-state index in [0.29, 0.717) is 18.7 Å². The molecular weight excluding hydrogens is 348 g/mol. The number of rotatable bonds is 7. The summed E-state index contributed by atoms with van der Waals surface area (Å²) in [6.07, 6.45) is 3.62. The van der Waals surface area contributed by atoms with Gasteiger partial charge >= 0.3 is 0 Å². The van der Waals surface area contributed by atoms with Gasteiger partial charge in [0.15, 0.2) is 0 Å². The van der Waals surface area contributed by atoms with Gasteiger partial charge in [-0.15, -0.1) is 0 Å². The summed E-state index contributed by atoms with van der Waals surface area (Å²) in [5.41, 5.74) is 0.416. The predicted molar refractivity (Wildman–Crippen MR) is 78.8 cm³/mol. The van der Waals surface area contributed by atoms with Crippen molar-refractivity contribution in [2.75, 3.05) is 27.1 Å². The minimum absolute atomic E-state index is 0.104. The normalized spacial score (nSPS) is 14.3. The van der Waals surface area contributed by atoms with Crippen LogP contribution < -0.4 is 0 Å². The molecule has 1 saturated carbocycles. The molecule has 1 aliphatic carbocycles. The maximum absolute atomic E-state index is 12.6. The lowest BCUT2D eigenvalue weighted by Crippen LogP contribution is -2.36.